The molecule has 0 saturated carbocycles. The number of fused-ring (bicyclic) bond motifs is 1. The van der Waals surface area contributed by atoms with E-state index in [-0.39, 0.29) is 29.8 Å². The zero-order valence-corrected chi connectivity index (χ0v) is 15.9. The Kier molecular flexibility index (Phi) is 5.37. The maximum absolute atomic E-state index is 12.4. The van der Waals surface area contributed by atoms with Crippen molar-refractivity contribution in [2.75, 3.05) is 6.54 Å². The largest absolute Gasteiger partial charge is 0.391 e. The third kappa shape index (κ3) is 4.10. The van der Waals surface area contributed by atoms with Crippen LogP contribution in [0.15, 0.2) is 4.79 Å². The average Bonchev–Trinajstić information content (AvgIpc) is 2.77. The number of hydrogen-bond acceptors (Lipinski definition) is 4. The zero-order chi connectivity index (χ0) is 18.9. The number of nitrogens with one attached hydrogen (secondary N) is 2. The number of H-pyrrole nitrogens is 1. The Morgan fingerprint density at radius 1 is 1.36 bits per heavy atom. The van der Waals surface area contributed by atoms with Gasteiger partial charge in [-0.15, -0.1) is 0 Å². The molecule has 25 heavy (non-hydrogen) atoms. The summed E-state index contributed by atoms with van der Waals surface area (Å²) in [5.41, 5.74) is 2.55. The number of carbonyl (C=O) groups is 1. The molecule has 0 aromatic carbocycles. The Morgan fingerprint density at radius 3 is 2.60 bits per heavy atom. The van der Waals surface area contributed by atoms with Crippen molar-refractivity contribution < 1.29 is 9.90 Å². The van der Waals surface area contributed by atoms with E-state index in [2.05, 4.69) is 15.4 Å². The van der Waals surface area contributed by atoms with Crippen LogP contribution in [0, 0.1) is 19.3 Å². The number of aliphatic hydroxyl groups excluding tert-OH is 1. The van der Waals surface area contributed by atoms with E-state index in [0.29, 0.717) is 17.6 Å². The van der Waals surface area contributed by atoms with Crippen molar-refractivity contribution in [1.82, 2.24) is 20.1 Å². The molecule has 0 aliphatic rings. The SMILES string of the molecule is Cc1nn(C)c2[nH]c(=O)c(CCC(=O)NCC(O)C(C)(C)C)c(C)c12. The van der Waals surface area contributed by atoms with Gasteiger partial charge in [0.05, 0.1) is 11.8 Å². The first-order valence-corrected chi connectivity index (χ1v) is 8.52. The number of aliphatic hydroxyl groups is 1. The molecule has 0 spiro atoms. The van der Waals surface area contributed by atoms with Gasteiger partial charge in [0.25, 0.3) is 5.56 Å². The van der Waals surface area contributed by atoms with Gasteiger partial charge >= 0.3 is 0 Å². The van der Waals surface area contributed by atoms with Gasteiger partial charge in [-0.25, -0.2) is 0 Å². The van der Waals surface area contributed by atoms with Crippen molar-refractivity contribution in [3.05, 3.63) is 27.2 Å². The molecule has 0 aliphatic heterocycles. The highest BCUT2D eigenvalue weighted by atomic mass is 16.3. The predicted molar refractivity (Wildman–Crippen MR) is 97.6 cm³/mol. The molecule has 7 nitrogen and oxygen atoms in total. The van der Waals surface area contributed by atoms with Gasteiger partial charge in [0, 0.05) is 31.0 Å². The summed E-state index contributed by atoms with van der Waals surface area (Å²) in [6.45, 7) is 9.74. The molecule has 7 heteroatoms. The maximum Gasteiger partial charge on any atom is 0.253 e. The second kappa shape index (κ2) is 7.00. The molecule has 0 fully saturated rings. The van der Waals surface area contributed by atoms with Crippen LogP contribution in [0.3, 0.4) is 0 Å². The summed E-state index contributed by atoms with van der Waals surface area (Å²) < 4.78 is 1.66. The molecule has 2 rings (SSSR count). The summed E-state index contributed by atoms with van der Waals surface area (Å²) in [7, 11) is 1.79. The first-order chi connectivity index (χ1) is 11.5. The summed E-state index contributed by atoms with van der Waals surface area (Å²) in [6, 6.07) is 0. The van der Waals surface area contributed by atoms with Crippen LogP contribution < -0.4 is 10.9 Å². The number of aryl methyl sites for hydroxylation is 3. The minimum absolute atomic E-state index is 0.176. The molecule has 0 saturated heterocycles. The Balaban J connectivity index is 2.10. The highest BCUT2D eigenvalue weighted by Gasteiger charge is 2.22. The summed E-state index contributed by atoms with van der Waals surface area (Å²) in [6.07, 6.45) is -0.0647. The first-order valence-electron chi connectivity index (χ1n) is 8.52. The monoisotopic (exact) mass is 348 g/mol. The van der Waals surface area contributed by atoms with Crippen LogP contribution in [0.2, 0.25) is 0 Å². The molecule has 1 amide bonds. The molecule has 138 valence electrons. The number of pyridine rings is 1. The molecule has 1 atom stereocenters. The van der Waals surface area contributed by atoms with Crippen molar-refractivity contribution in [2.45, 2.75) is 53.6 Å². The van der Waals surface area contributed by atoms with Crippen molar-refractivity contribution in [1.29, 1.82) is 0 Å². The number of carbonyl (C=O) groups excluding carboxylic acids is 1. The van der Waals surface area contributed by atoms with Crippen molar-refractivity contribution >= 4 is 16.9 Å². The minimum atomic E-state index is -0.615. The predicted octanol–water partition coefficient (Wildman–Crippen LogP) is 1.33. The number of hydrogen-bond donors (Lipinski definition) is 3. The number of amides is 1. The van der Waals surface area contributed by atoms with E-state index in [9.17, 15) is 14.7 Å². The molecule has 2 aromatic rings. The first kappa shape index (κ1) is 19.2. The van der Waals surface area contributed by atoms with E-state index < -0.39 is 6.10 Å². The molecular weight excluding hydrogens is 320 g/mol. The number of nitrogens with zero attached hydrogens (tertiary/aromatic N) is 2. The van der Waals surface area contributed by atoms with Crippen LogP contribution in [0.5, 0.6) is 0 Å². The highest BCUT2D eigenvalue weighted by Crippen LogP contribution is 2.21. The normalized spacial score (nSPS) is 13.2. The minimum Gasteiger partial charge on any atom is -0.391 e. The lowest BCUT2D eigenvalue weighted by atomic mass is 9.89. The lowest BCUT2D eigenvalue weighted by Gasteiger charge is -2.25. The van der Waals surface area contributed by atoms with E-state index in [1.807, 2.05) is 34.6 Å². The average molecular weight is 348 g/mol. The van der Waals surface area contributed by atoms with E-state index in [0.717, 1.165) is 16.6 Å². The maximum atomic E-state index is 12.4. The fourth-order valence-corrected chi connectivity index (χ4v) is 2.90. The number of rotatable bonds is 5. The van der Waals surface area contributed by atoms with Crippen LogP contribution in [0.25, 0.3) is 11.0 Å². The molecule has 1 unspecified atom stereocenters. The molecule has 2 aromatic heterocycles. The molecule has 0 bridgehead atoms. The lowest BCUT2D eigenvalue weighted by molar-refractivity contribution is -0.121. The second-order valence-electron chi connectivity index (χ2n) is 7.68. The summed E-state index contributed by atoms with van der Waals surface area (Å²) >= 11 is 0. The lowest BCUT2D eigenvalue weighted by Crippen LogP contribution is -2.39. The molecule has 0 radical (unpaired) electrons. The van der Waals surface area contributed by atoms with Crippen LogP contribution in [-0.2, 0) is 18.3 Å². The van der Waals surface area contributed by atoms with Gasteiger partial charge in [0.1, 0.15) is 5.65 Å². The van der Waals surface area contributed by atoms with Gasteiger partial charge in [-0.1, -0.05) is 20.8 Å². The number of aromatic amines is 1. The summed E-state index contributed by atoms with van der Waals surface area (Å²) in [5.74, 6) is -0.176. The third-order valence-corrected chi connectivity index (χ3v) is 4.65. The highest BCUT2D eigenvalue weighted by molar-refractivity contribution is 5.83. The van der Waals surface area contributed by atoms with Gasteiger partial charge in [-0.05, 0) is 31.2 Å². The quantitative estimate of drug-likeness (QED) is 0.759. The van der Waals surface area contributed by atoms with Gasteiger partial charge in [-0.3, -0.25) is 14.3 Å². The Morgan fingerprint density at radius 2 is 2.00 bits per heavy atom. The van der Waals surface area contributed by atoms with Crippen LogP contribution in [0.4, 0.5) is 0 Å². The Labute approximate surface area is 147 Å². The van der Waals surface area contributed by atoms with Crippen LogP contribution >= 0.6 is 0 Å². The van der Waals surface area contributed by atoms with Gasteiger partial charge < -0.3 is 15.4 Å². The van der Waals surface area contributed by atoms with Crippen molar-refractivity contribution in [3.63, 3.8) is 0 Å². The van der Waals surface area contributed by atoms with Crippen molar-refractivity contribution in [2.24, 2.45) is 12.5 Å². The Bertz CT molecular complexity index is 843. The van der Waals surface area contributed by atoms with E-state index in [1.165, 1.54) is 0 Å². The fraction of sp³-hybridized carbons (Fsp3) is 0.611. The third-order valence-electron chi connectivity index (χ3n) is 4.65. The molecular formula is C18H28N4O3. The summed E-state index contributed by atoms with van der Waals surface area (Å²) in [5, 5.41) is 18.0. The zero-order valence-electron chi connectivity index (χ0n) is 15.9. The van der Waals surface area contributed by atoms with Gasteiger partial charge in [0.15, 0.2) is 0 Å². The molecule has 0 aliphatic carbocycles. The van der Waals surface area contributed by atoms with Crippen LogP contribution in [0.1, 0.15) is 44.0 Å². The number of aromatic nitrogens is 3. The topological polar surface area (TPSA) is 100 Å². The summed E-state index contributed by atoms with van der Waals surface area (Å²) in [4.78, 5) is 27.3. The Hall–Kier alpha value is -2.15. The van der Waals surface area contributed by atoms with E-state index in [4.69, 9.17) is 0 Å². The standard InChI is InChI=1S/C18H28N4O3/c1-10-12(7-8-14(24)19-9-13(23)18(3,4)5)17(25)20-16-15(10)11(2)21-22(16)6/h13,23H,7-9H2,1-6H3,(H,19,24)(H,20,25). The van der Waals surface area contributed by atoms with Crippen molar-refractivity contribution in [3.8, 4) is 0 Å². The van der Waals surface area contributed by atoms with Gasteiger partial charge in [-0.2, -0.15) is 5.10 Å². The molecule has 3 N–H and O–H groups in total. The molecule has 2 heterocycles. The van der Waals surface area contributed by atoms with E-state index >= 15 is 0 Å². The fourth-order valence-electron chi connectivity index (χ4n) is 2.90. The van der Waals surface area contributed by atoms with Crippen LogP contribution in [-0.4, -0.2) is 38.4 Å². The second-order valence-corrected chi connectivity index (χ2v) is 7.68. The van der Waals surface area contributed by atoms with Gasteiger partial charge in [0.2, 0.25) is 5.91 Å². The smallest absolute Gasteiger partial charge is 0.253 e. The van der Waals surface area contributed by atoms with E-state index in [1.54, 1.807) is 11.7 Å².